The fourth-order valence-electron chi connectivity index (χ4n) is 1.40. The van der Waals surface area contributed by atoms with E-state index in [4.69, 9.17) is 27.3 Å². The van der Waals surface area contributed by atoms with Gasteiger partial charge < -0.3 is 10.5 Å². The van der Waals surface area contributed by atoms with Crippen LogP contribution < -0.4 is 10.5 Å². The normalized spacial score (nSPS) is 9.83. The maximum absolute atomic E-state index is 13.1. The van der Waals surface area contributed by atoms with E-state index in [1.165, 1.54) is 24.3 Å². The minimum absolute atomic E-state index is 0.151. The number of hydrogen-bond acceptors (Lipinski definition) is 3. The van der Waals surface area contributed by atoms with Gasteiger partial charge in [-0.05, 0) is 30.3 Å². The molecule has 0 radical (unpaired) electrons. The number of benzene rings is 2. The zero-order chi connectivity index (χ0) is 13.1. The predicted octanol–water partition coefficient (Wildman–Crippen LogP) is 3.73. The van der Waals surface area contributed by atoms with Crippen molar-refractivity contribution in [2.24, 2.45) is 0 Å². The smallest absolute Gasteiger partial charge is 0.148 e. The Labute approximate surface area is 108 Å². The van der Waals surface area contributed by atoms with Gasteiger partial charge in [0.2, 0.25) is 0 Å². The number of nitrogens with two attached hydrogens (primary N) is 1. The third kappa shape index (κ3) is 2.53. The zero-order valence-corrected chi connectivity index (χ0v) is 9.91. The largest absolute Gasteiger partial charge is 0.454 e. The lowest BCUT2D eigenvalue weighted by Gasteiger charge is -2.09. The van der Waals surface area contributed by atoms with Crippen molar-refractivity contribution in [1.82, 2.24) is 0 Å². The van der Waals surface area contributed by atoms with E-state index in [0.717, 1.165) is 6.07 Å². The summed E-state index contributed by atoms with van der Waals surface area (Å²) in [4.78, 5) is 0. The van der Waals surface area contributed by atoms with Crippen molar-refractivity contribution >= 4 is 17.3 Å². The molecule has 0 spiro atoms. The van der Waals surface area contributed by atoms with E-state index in [9.17, 15) is 4.39 Å². The molecule has 2 N–H and O–H groups in total. The molecule has 5 heteroatoms. The fourth-order valence-corrected chi connectivity index (χ4v) is 1.55. The second-order valence-electron chi connectivity index (χ2n) is 3.54. The van der Waals surface area contributed by atoms with Crippen LogP contribution in [-0.4, -0.2) is 0 Å². The van der Waals surface area contributed by atoms with Gasteiger partial charge in [-0.3, -0.25) is 0 Å². The van der Waals surface area contributed by atoms with E-state index in [-0.39, 0.29) is 22.1 Å². The highest BCUT2D eigenvalue weighted by molar-refractivity contribution is 6.32. The molecule has 0 atom stereocenters. The Balaban J connectivity index is 2.40. The Kier molecular flexibility index (Phi) is 3.35. The van der Waals surface area contributed by atoms with E-state index < -0.39 is 5.82 Å². The van der Waals surface area contributed by atoms with Gasteiger partial charge in [0.05, 0.1) is 10.6 Å². The van der Waals surface area contributed by atoms with Crippen molar-refractivity contribution in [2.75, 3.05) is 5.73 Å². The first-order valence-electron chi connectivity index (χ1n) is 5.02. The SMILES string of the molecule is N#Cc1cc(N)ccc1Oc1cc(F)ccc1Cl. The van der Waals surface area contributed by atoms with Crippen LogP contribution in [0.15, 0.2) is 36.4 Å². The summed E-state index contributed by atoms with van der Waals surface area (Å²) in [5.74, 6) is -0.0412. The lowest BCUT2D eigenvalue weighted by Crippen LogP contribution is -1.92. The summed E-state index contributed by atoms with van der Waals surface area (Å²) in [5, 5.41) is 9.21. The molecule has 0 heterocycles. The molecule has 0 aliphatic rings. The van der Waals surface area contributed by atoms with Crippen molar-refractivity contribution in [1.29, 1.82) is 5.26 Å². The van der Waals surface area contributed by atoms with Gasteiger partial charge >= 0.3 is 0 Å². The van der Waals surface area contributed by atoms with Gasteiger partial charge in [-0.1, -0.05) is 11.6 Å². The zero-order valence-electron chi connectivity index (χ0n) is 9.15. The summed E-state index contributed by atoms with van der Waals surface area (Å²) in [6.07, 6.45) is 0. The van der Waals surface area contributed by atoms with Crippen molar-refractivity contribution in [3.63, 3.8) is 0 Å². The first-order chi connectivity index (χ1) is 8.60. The van der Waals surface area contributed by atoms with Crippen LogP contribution in [0.1, 0.15) is 5.56 Å². The molecular formula is C13H8ClFN2O. The van der Waals surface area contributed by atoms with Crippen molar-refractivity contribution in [3.8, 4) is 17.6 Å². The summed E-state index contributed by atoms with van der Waals surface area (Å²) in [6, 6.07) is 10.3. The number of rotatable bonds is 2. The molecule has 0 bridgehead atoms. The predicted molar refractivity (Wildman–Crippen MR) is 67.1 cm³/mol. The molecule has 0 unspecified atom stereocenters. The first kappa shape index (κ1) is 12.2. The number of halogens is 2. The van der Waals surface area contributed by atoms with Crippen LogP contribution in [-0.2, 0) is 0 Å². The highest BCUT2D eigenvalue weighted by Gasteiger charge is 2.09. The van der Waals surface area contributed by atoms with Crippen LogP contribution in [0.4, 0.5) is 10.1 Å². The van der Waals surface area contributed by atoms with Gasteiger partial charge in [-0.15, -0.1) is 0 Å². The standard InChI is InChI=1S/C13H8ClFN2O/c14-11-3-1-9(15)6-13(11)18-12-4-2-10(17)5-8(12)7-16/h1-6H,17H2. The van der Waals surface area contributed by atoms with Gasteiger partial charge in [-0.25, -0.2) is 4.39 Å². The molecule has 0 saturated heterocycles. The molecule has 0 aromatic heterocycles. The Morgan fingerprint density at radius 2 is 1.94 bits per heavy atom. The number of nitrogen functional groups attached to an aromatic ring is 1. The number of anilines is 1. The molecule has 0 saturated carbocycles. The van der Waals surface area contributed by atoms with E-state index in [0.29, 0.717) is 5.69 Å². The summed E-state index contributed by atoms with van der Waals surface area (Å²) in [6.45, 7) is 0. The van der Waals surface area contributed by atoms with E-state index in [2.05, 4.69) is 0 Å². The molecule has 2 aromatic carbocycles. The molecule has 90 valence electrons. The Bertz CT molecular complexity index is 637. The van der Waals surface area contributed by atoms with Crippen LogP contribution >= 0.6 is 11.6 Å². The molecule has 0 amide bonds. The van der Waals surface area contributed by atoms with Crippen LogP contribution in [0, 0.1) is 17.1 Å². The topological polar surface area (TPSA) is 59.0 Å². The van der Waals surface area contributed by atoms with Gasteiger partial charge in [0.25, 0.3) is 0 Å². The average molecular weight is 263 g/mol. The molecule has 0 aliphatic heterocycles. The van der Waals surface area contributed by atoms with Crippen molar-refractivity contribution in [2.45, 2.75) is 0 Å². The van der Waals surface area contributed by atoms with Crippen molar-refractivity contribution in [3.05, 3.63) is 52.8 Å². The maximum Gasteiger partial charge on any atom is 0.148 e. The molecule has 0 aliphatic carbocycles. The molecule has 2 rings (SSSR count). The van der Waals surface area contributed by atoms with E-state index in [1.54, 1.807) is 6.07 Å². The Morgan fingerprint density at radius 1 is 1.17 bits per heavy atom. The fraction of sp³-hybridized carbons (Fsp3) is 0. The second kappa shape index (κ2) is 4.94. The highest BCUT2D eigenvalue weighted by Crippen LogP contribution is 2.32. The minimum Gasteiger partial charge on any atom is -0.454 e. The van der Waals surface area contributed by atoms with Gasteiger partial charge in [-0.2, -0.15) is 5.26 Å². The molecule has 18 heavy (non-hydrogen) atoms. The average Bonchev–Trinajstić information content (AvgIpc) is 2.36. The quantitative estimate of drug-likeness (QED) is 0.839. The van der Waals surface area contributed by atoms with Crippen molar-refractivity contribution < 1.29 is 9.13 Å². The Morgan fingerprint density at radius 3 is 2.67 bits per heavy atom. The summed E-state index contributed by atoms with van der Waals surface area (Å²) in [5.41, 5.74) is 6.27. The summed E-state index contributed by atoms with van der Waals surface area (Å²) < 4.78 is 18.5. The summed E-state index contributed by atoms with van der Waals surface area (Å²) >= 11 is 5.87. The van der Waals surface area contributed by atoms with Crippen LogP contribution in [0.2, 0.25) is 5.02 Å². The van der Waals surface area contributed by atoms with Crippen LogP contribution in [0.5, 0.6) is 11.5 Å². The lowest BCUT2D eigenvalue weighted by molar-refractivity contribution is 0.475. The molecular weight excluding hydrogens is 255 g/mol. The van der Waals surface area contributed by atoms with Crippen LogP contribution in [0.25, 0.3) is 0 Å². The highest BCUT2D eigenvalue weighted by atomic mass is 35.5. The number of nitrogens with zero attached hydrogens (tertiary/aromatic N) is 1. The number of ether oxygens (including phenoxy) is 1. The van der Waals surface area contributed by atoms with Crippen LogP contribution in [0.3, 0.4) is 0 Å². The third-order valence-corrected chi connectivity index (χ3v) is 2.55. The molecule has 0 fully saturated rings. The van der Waals surface area contributed by atoms with Gasteiger partial charge in [0.15, 0.2) is 0 Å². The van der Waals surface area contributed by atoms with Gasteiger partial charge in [0, 0.05) is 11.8 Å². The number of hydrogen-bond donors (Lipinski definition) is 1. The second-order valence-corrected chi connectivity index (χ2v) is 3.95. The first-order valence-corrected chi connectivity index (χ1v) is 5.40. The molecule has 3 nitrogen and oxygen atoms in total. The molecule has 2 aromatic rings. The minimum atomic E-state index is -0.469. The van der Waals surface area contributed by atoms with E-state index in [1.807, 2.05) is 6.07 Å². The maximum atomic E-state index is 13.1. The van der Waals surface area contributed by atoms with E-state index >= 15 is 0 Å². The lowest BCUT2D eigenvalue weighted by atomic mass is 10.2. The summed E-state index contributed by atoms with van der Waals surface area (Å²) in [7, 11) is 0. The Hall–Kier alpha value is -2.25. The monoisotopic (exact) mass is 262 g/mol. The van der Waals surface area contributed by atoms with Gasteiger partial charge in [0.1, 0.15) is 23.4 Å². The number of nitriles is 1. The third-order valence-electron chi connectivity index (χ3n) is 2.24.